The first-order valence-electron chi connectivity index (χ1n) is 4.28. The summed E-state index contributed by atoms with van der Waals surface area (Å²) in [4.78, 5) is 21.6. The van der Waals surface area contributed by atoms with Gasteiger partial charge in [-0.2, -0.15) is 0 Å². The summed E-state index contributed by atoms with van der Waals surface area (Å²) in [6.07, 6.45) is 1.09. The summed E-state index contributed by atoms with van der Waals surface area (Å²) in [5.41, 5.74) is 0. The Bertz CT molecular complexity index is 202. The van der Waals surface area contributed by atoms with Gasteiger partial charge in [-0.1, -0.05) is 28.5 Å². The maximum Gasteiger partial charge on any atom is 0.244 e. The number of carbonyl (C=O) groups is 2. The predicted molar refractivity (Wildman–Crippen MR) is 63.7 cm³/mol. The van der Waals surface area contributed by atoms with Gasteiger partial charge in [-0.3, -0.25) is 9.59 Å². The van der Waals surface area contributed by atoms with E-state index in [0.29, 0.717) is 5.75 Å². The van der Waals surface area contributed by atoms with Crippen molar-refractivity contribution in [3.63, 3.8) is 0 Å². The number of halogens is 1. The van der Waals surface area contributed by atoms with Gasteiger partial charge >= 0.3 is 0 Å². The van der Waals surface area contributed by atoms with Crippen molar-refractivity contribution in [3.8, 4) is 0 Å². The number of nitrogens with one attached hydrogen (secondary N) is 1. The Hall–Kier alpha value is 0.130. The summed E-state index contributed by atoms with van der Waals surface area (Å²) in [5.74, 6) is 1.32. The fourth-order valence-electron chi connectivity index (χ4n) is 0.668. The molecule has 1 amide bonds. The van der Waals surface area contributed by atoms with E-state index in [-0.39, 0.29) is 5.91 Å². The van der Waals surface area contributed by atoms with Crippen molar-refractivity contribution < 1.29 is 9.59 Å². The maximum absolute atomic E-state index is 10.9. The second-order valence-electron chi connectivity index (χ2n) is 2.66. The summed E-state index contributed by atoms with van der Waals surface area (Å²) in [6, 6.07) is -0.566. The smallest absolute Gasteiger partial charge is 0.244 e. The molecule has 14 heavy (non-hydrogen) atoms. The molecule has 0 aromatic heterocycles. The molecular weight excluding hydrogens is 242 g/mol. The number of carbonyl (C=O) groups excluding carboxylic acids is 2. The molecule has 1 atom stereocenters. The molecule has 1 N–H and O–H groups in total. The standard InChI is InChI=1S/C8H14ClNO2S2/c1-3-4-13-14-5-7(8(9)12)10-6(2)11/h7H,3-5H2,1-2H3,(H,10,11). The molecule has 0 spiro atoms. The van der Waals surface area contributed by atoms with Crippen molar-refractivity contribution in [1.82, 2.24) is 5.32 Å². The van der Waals surface area contributed by atoms with Crippen LogP contribution in [0.5, 0.6) is 0 Å². The highest BCUT2D eigenvalue weighted by Gasteiger charge is 2.16. The molecule has 0 aliphatic heterocycles. The van der Waals surface area contributed by atoms with Crippen LogP contribution in [0.2, 0.25) is 0 Å². The van der Waals surface area contributed by atoms with E-state index in [1.165, 1.54) is 6.92 Å². The summed E-state index contributed by atoms with van der Waals surface area (Å²) in [5, 5.41) is 1.99. The van der Waals surface area contributed by atoms with Crippen LogP contribution in [0.4, 0.5) is 0 Å². The first kappa shape index (κ1) is 14.1. The van der Waals surface area contributed by atoms with Crippen molar-refractivity contribution in [2.24, 2.45) is 0 Å². The van der Waals surface area contributed by atoms with Crippen LogP contribution in [0.15, 0.2) is 0 Å². The van der Waals surface area contributed by atoms with E-state index in [1.807, 2.05) is 0 Å². The van der Waals surface area contributed by atoms with E-state index < -0.39 is 11.3 Å². The minimum atomic E-state index is -0.566. The molecule has 0 aromatic rings. The van der Waals surface area contributed by atoms with E-state index in [1.54, 1.807) is 21.6 Å². The van der Waals surface area contributed by atoms with Crippen LogP contribution in [0.1, 0.15) is 20.3 Å². The molecule has 3 nitrogen and oxygen atoms in total. The third-order valence-corrected chi connectivity index (χ3v) is 4.14. The highest BCUT2D eigenvalue weighted by Crippen LogP contribution is 2.22. The molecule has 0 radical (unpaired) electrons. The van der Waals surface area contributed by atoms with Gasteiger partial charge in [0.1, 0.15) is 6.04 Å². The molecule has 6 heteroatoms. The first-order valence-corrected chi connectivity index (χ1v) is 7.15. The second kappa shape index (κ2) is 8.44. The van der Waals surface area contributed by atoms with Crippen molar-refractivity contribution in [1.29, 1.82) is 0 Å². The van der Waals surface area contributed by atoms with E-state index in [9.17, 15) is 9.59 Å². The van der Waals surface area contributed by atoms with Crippen LogP contribution in [0.25, 0.3) is 0 Å². The number of amides is 1. The molecule has 0 bridgehead atoms. The molecule has 0 aromatic carbocycles. The van der Waals surface area contributed by atoms with Crippen LogP contribution in [0.3, 0.4) is 0 Å². The van der Waals surface area contributed by atoms with Gasteiger partial charge in [0.25, 0.3) is 0 Å². The molecule has 1 unspecified atom stereocenters. The largest absolute Gasteiger partial charge is 0.344 e. The molecular formula is C8H14ClNO2S2. The molecule has 82 valence electrons. The highest BCUT2D eigenvalue weighted by atomic mass is 35.5. The van der Waals surface area contributed by atoms with Crippen LogP contribution in [-0.2, 0) is 9.59 Å². The number of hydrogen-bond acceptors (Lipinski definition) is 4. The average Bonchev–Trinajstić information content (AvgIpc) is 2.09. The van der Waals surface area contributed by atoms with Crippen LogP contribution < -0.4 is 5.32 Å². The zero-order chi connectivity index (χ0) is 11.0. The van der Waals surface area contributed by atoms with Gasteiger partial charge in [-0.05, 0) is 18.0 Å². The van der Waals surface area contributed by atoms with Crippen LogP contribution in [-0.4, -0.2) is 28.7 Å². The molecule has 0 fully saturated rings. The molecule has 0 heterocycles. The second-order valence-corrected chi connectivity index (χ2v) is 5.66. The maximum atomic E-state index is 10.9. The van der Waals surface area contributed by atoms with Crippen molar-refractivity contribution in [2.75, 3.05) is 11.5 Å². The van der Waals surface area contributed by atoms with Gasteiger partial charge in [-0.25, -0.2) is 0 Å². The topological polar surface area (TPSA) is 46.2 Å². The van der Waals surface area contributed by atoms with Crippen molar-refractivity contribution >= 4 is 44.3 Å². The minimum Gasteiger partial charge on any atom is -0.344 e. The van der Waals surface area contributed by atoms with Gasteiger partial charge in [-0.15, -0.1) is 0 Å². The van der Waals surface area contributed by atoms with Gasteiger partial charge in [0, 0.05) is 18.4 Å². The number of hydrogen-bond donors (Lipinski definition) is 1. The lowest BCUT2D eigenvalue weighted by atomic mass is 10.4. The lowest BCUT2D eigenvalue weighted by Gasteiger charge is -2.11. The van der Waals surface area contributed by atoms with Crippen LogP contribution >= 0.6 is 33.2 Å². The summed E-state index contributed by atoms with van der Waals surface area (Å²) in [6.45, 7) is 3.46. The first-order chi connectivity index (χ1) is 6.57. The summed E-state index contributed by atoms with van der Waals surface area (Å²) >= 11 is 5.32. The lowest BCUT2D eigenvalue weighted by Crippen LogP contribution is -2.39. The summed E-state index contributed by atoms with van der Waals surface area (Å²) < 4.78 is 0. The Morgan fingerprint density at radius 2 is 2.07 bits per heavy atom. The van der Waals surface area contributed by atoms with E-state index in [4.69, 9.17) is 11.6 Å². The quantitative estimate of drug-likeness (QED) is 0.430. The van der Waals surface area contributed by atoms with E-state index in [2.05, 4.69) is 12.2 Å². The fraction of sp³-hybridized carbons (Fsp3) is 0.750. The normalized spacial score (nSPS) is 12.2. The minimum absolute atomic E-state index is 0.231. The molecule has 0 aliphatic rings. The Morgan fingerprint density at radius 1 is 1.43 bits per heavy atom. The van der Waals surface area contributed by atoms with Crippen molar-refractivity contribution in [2.45, 2.75) is 26.3 Å². The zero-order valence-electron chi connectivity index (χ0n) is 8.21. The summed E-state index contributed by atoms with van der Waals surface area (Å²) in [7, 11) is 3.23. The predicted octanol–water partition coefficient (Wildman–Crippen LogP) is 2.05. The van der Waals surface area contributed by atoms with Crippen molar-refractivity contribution in [3.05, 3.63) is 0 Å². The monoisotopic (exact) mass is 255 g/mol. The molecule has 0 saturated carbocycles. The lowest BCUT2D eigenvalue weighted by molar-refractivity contribution is -0.122. The molecule has 0 saturated heterocycles. The average molecular weight is 256 g/mol. The number of rotatable bonds is 7. The third kappa shape index (κ3) is 7.53. The molecule has 0 aliphatic carbocycles. The SMILES string of the molecule is CCCSSCC(NC(C)=O)C(=O)Cl. The Balaban J connectivity index is 3.74. The highest BCUT2D eigenvalue weighted by molar-refractivity contribution is 8.76. The Kier molecular flexibility index (Phi) is 8.52. The van der Waals surface area contributed by atoms with Gasteiger partial charge < -0.3 is 5.32 Å². The van der Waals surface area contributed by atoms with Gasteiger partial charge in [0.05, 0.1) is 0 Å². The zero-order valence-corrected chi connectivity index (χ0v) is 10.6. The third-order valence-electron chi connectivity index (χ3n) is 1.26. The van der Waals surface area contributed by atoms with Gasteiger partial charge in [0.15, 0.2) is 0 Å². The van der Waals surface area contributed by atoms with E-state index >= 15 is 0 Å². The van der Waals surface area contributed by atoms with Gasteiger partial charge in [0.2, 0.25) is 11.1 Å². The van der Waals surface area contributed by atoms with E-state index in [0.717, 1.165) is 12.2 Å². The Labute approximate surface area is 97.1 Å². The fourth-order valence-corrected chi connectivity index (χ4v) is 3.19. The van der Waals surface area contributed by atoms with Crippen LogP contribution in [0, 0.1) is 0 Å². The Morgan fingerprint density at radius 3 is 2.50 bits per heavy atom. The molecule has 0 rings (SSSR count).